The number of nitrogens with one attached hydrogen (secondary N) is 2. The topological polar surface area (TPSA) is 78.5 Å². The second-order valence-electron chi connectivity index (χ2n) is 5.64. The molecule has 1 heterocycles. The Morgan fingerprint density at radius 2 is 1.76 bits per heavy atom. The molecule has 2 N–H and O–H groups in total. The van der Waals surface area contributed by atoms with E-state index in [1.165, 1.54) is 23.1 Å². The number of hydrogen-bond acceptors (Lipinski definition) is 3. The van der Waals surface area contributed by atoms with E-state index in [2.05, 4.69) is 10.6 Å². The molecule has 0 unspecified atom stereocenters. The fourth-order valence-corrected chi connectivity index (χ4v) is 2.72. The third-order valence-electron chi connectivity index (χ3n) is 4.07. The van der Waals surface area contributed by atoms with Crippen molar-refractivity contribution in [2.24, 2.45) is 0 Å². The van der Waals surface area contributed by atoms with Gasteiger partial charge in [-0.05, 0) is 12.1 Å². The molecule has 0 fully saturated rings. The zero-order valence-electron chi connectivity index (χ0n) is 13.5. The average Bonchev–Trinajstić information content (AvgIpc) is 2.86. The summed E-state index contributed by atoms with van der Waals surface area (Å²) in [6, 6.07) is 12.1. The summed E-state index contributed by atoms with van der Waals surface area (Å²) in [6.07, 6.45) is 0. The van der Waals surface area contributed by atoms with E-state index < -0.39 is 23.7 Å². The molecule has 0 saturated carbocycles. The van der Waals surface area contributed by atoms with Gasteiger partial charge in [-0.15, -0.1) is 0 Å². The minimum absolute atomic E-state index is 0.117. The van der Waals surface area contributed by atoms with Crippen LogP contribution >= 0.6 is 0 Å². The maximum atomic E-state index is 13.5. The summed E-state index contributed by atoms with van der Waals surface area (Å²) in [7, 11) is 1.60. The Balaban J connectivity index is 1.65. The summed E-state index contributed by atoms with van der Waals surface area (Å²) in [4.78, 5) is 37.7. The third-order valence-corrected chi connectivity index (χ3v) is 4.07. The molecule has 1 atom stereocenters. The number of halogens is 1. The fourth-order valence-electron chi connectivity index (χ4n) is 2.72. The van der Waals surface area contributed by atoms with E-state index in [0.29, 0.717) is 11.3 Å². The number of anilines is 1. The highest BCUT2D eigenvalue weighted by Gasteiger charge is 2.36. The minimum Gasteiger partial charge on any atom is -0.344 e. The lowest BCUT2D eigenvalue weighted by atomic mass is 10.1. The van der Waals surface area contributed by atoms with Crippen LogP contribution in [-0.4, -0.2) is 24.8 Å². The molecule has 1 aliphatic heterocycles. The lowest BCUT2D eigenvalue weighted by Crippen LogP contribution is -2.43. The second-order valence-corrected chi connectivity index (χ2v) is 5.64. The molecule has 0 bridgehead atoms. The molecule has 0 saturated heterocycles. The van der Waals surface area contributed by atoms with Gasteiger partial charge in [-0.2, -0.15) is 0 Å². The van der Waals surface area contributed by atoms with Gasteiger partial charge in [0, 0.05) is 30.4 Å². The predicted octanol–water partition coefficient (Wildman–Crippen LogP) is 1.28. The molecule has 6 nitrogen and oxygen atoms in total. The lowest BCUT2D eigenvalue weighted by molar-refractivity contribution is -0.140. The van der Waals surface area contributed by atoms with Gasteiger partial charge in [-0.1, -0.05) is 36.4 Å². The molecule has 128 valence electrons. The van der Waals surface area contributed by atoms with Gasteiger partial charge in [-0.3, -0.25) is 14.4 Å². The van der Waals surface area contributed by atoms with Gasteiger partial charge < -0.3 is 15.5 Å². The van der Waals surface area contributed by atoms with Crippen LogP contribution < -0.4 is 15.5 Å². The Morgan fingerprint density at radius 3 is 2.52 bits per heavy atom. The number of rotatable bonds is 3. The number of benzene rings is 2. The molecule has 25 heavy (non-hydrogen) atoms. The van der Waals surface area contributed by atoms with Crippen LogP contribution in [0.15, 0.2) is 48.5 Å². The maximum absolute atomic E-state index is 13.5. The Hall–Kier alpha value is -3.22. The van der Waals surface area contributed by atoms with Crippen LogP contribution in [0.1, 0.15) is 17.2 Å². The summed E-state index contributed by atoms with van der Waals surface area (Å²) in [5.41, 5.74) is 1.58. The molecule has 0 radical (unpaired) electrons. The zero-order valence-corrected chi connectivity index (χ0v) is 13.5. The molecule has 3 amide bonds. The largest absolute Gasteiger partial charge is 0.344 e. The van der Waals surface area contributed by atoms with Crippen molar-refractivity contribution in [1.29, 1.82) is 0 Å². The van der Waals surface area contributed by atoms with Gasteiger partial charge in [0.05, 0.1) is 0 Å². The van der Waals surface area contributed by atoms with Crippen molar-refractivity contribution < 1.29 is 18.8 Å². The van der Waals surface area contributed by atoms with Crippen LogP contribution in [0.3, 0.4) is 0 Å². The quantitative estimate of drug-likeness (QED) is 0.826. The van der Waals surface area contributed by atoms with Crippen molar-refractivity contribution >= 4 is 23.4 Å². The first-order valence-corrected chi connectivity index (χ1v) is 7.67. The van der Waals surface area contributed by atoms with Gasteiger partial charge >= 0.3 is 11.8 Å². The predicted molar refractivity (Wildman–Crippen MR) is 89.0 cm³/mol. The normalized spacial score (nSPS) is 15.7. The number of likely N-dealkylation sites (N-methyl/N-ethyl adjacent to an activating group) is 1. The number of para-hydroxylation sites is 1. The van der Waals surface area contributed by atoms with Crippen LogP contribution in [-0.2, 0) is 20.9 Å². The van der Waals surface area contributed by atoms with Crippen LogP contribution in [0.4, 0.5) is 10.1 Å². The van der Waals surface area contributed by atoms with E-state index in [1.54, 1.807) is 37.4 Å². The average molecular weight is 341 g/mol. The molecule has 0 aliphatic carbocycles. The Morgan fingerprint density at radius 1 is 1.08 bits per heavy atom. The SMILES string of the molecule is CN1C(=O)[C@H](NC(=O)C(=O)NCc2ccccc2F)c2ccccc21. The molecule has 3 rings (SSSR count). The van der Waals surface area contributed by atoms with Crippen molar-refractivity contribution in [3.8, 4) is 0 Å². The fraction of sp³-hybridized carbons (Fsp3) is 0.167. The number of carbonyl (C=O) groups excluding carboxylic acids is 3. The lowest BCUT2D eigenvalue weighted by Gasteiger charge is -2.13. The molecule has 2 aromatic rings. The van der Waals surface area contributed by atoms with Crippen molar-refractivity contribution in [2.45, 2.75) is 12.6 Å². The summed E-state index contributed by atoms with van der Waals surface area (Å²) < 4.78 is 13.5. The van der Waals surface area contributed by atoms with Crippen molar-refractivity contribution in [3.05, 3.63) is 65.5 Å². The molecule has 0 spiro atoms. The first-order valence-electron chi connectivity index (χ1n) is 7.67. The van der Waals surface area contributed by atoms with E-state index in [4.69, 9.17) is 0 Å². The minimum atomic E-state index is -0.945. The number of nitrogens with zero attached hydrogens (tertiary/aromatic N) is 1. The molecule has 2 aromatic carbocycles. The van der Waals surface area contributed by atoms with E-state index in [1.807, 2.05) is 0 Å². The van der Waals surface area contributed by atoms with Crippen molar-refractivity contribution in [3.63, 3.8) is 0 Å². The van der Waals surface area contributed by atoms with Crippen LogP contribution in [0.5, 0.6) is 0 Å². The van der Waals surface area contributed by atoms with Gasteiger partial charge in [-0.25, -0.2) is 4.39 Å². The van der Waals surface area contributed by atoms with Crippen LogP contribution in [0.25, 0.3) is 0 Å². The Bertz CT molecular complexity index is 853. The van der Waals surface area contributed by atoms with E-state index in [9.17, 15) is 18.8 Å². The summed E-state index contributed by atoms with van der Waals surface area (Å²) in [6.45, 7) is -0.117. The highest BCUT2D eigenvalue weighted by Crippen LogP contribution is 2.34. The number of fused-ring (bicyclic) bond motifs is 1. The van der Waals surface area contributed by atoms with E-state index >= 15 is 0 Å². The second kappa shape index (κ2) is 6.72. The van der Waals surface area contributed by atoms with Crippen LogP contribution in [0.2, 0.25) is 0 Å². The monoisotopic (exact) mass is 341 g/mol. The standard InChI is InChI=1S/C18H16FN3O3/c1-22-14-9-5-3-7-12(14)15(18(22)25)21-17(24)16(23)20-10-11-6-2-4-8-13(11)19/h2-9,15H,10H2,1H3,(H,20,23)(H,21,24)/t15-/m1/s1. The number of carbonyl (C=O) groups is 3. The first-order chi connectivity index (χ1) is 12.0. The summed E-state index contributed by atoms with van der Waals surface area (Å²) in [5, 5.41) is 4.78. The highest BCUT2D eigenvalue weighted by atomic mass is 19.1. The number of hydrogen-bond donors (Lipinski definition) is 2. The van der Waals surface area contributed by atoms with E-state index in [-0.39, 0.29) is 18.0 Å². The molecule has 7 heteroatoms. The number of amides is 3. The van der Waals surface area contributed by atoms with E-state index in [0.717, 1.165) is 0 Å². The Labute approximate surface area is 143 Å². The highest BCUT2D eigenvalue weighted by molar-refractivity contribution is 6.35. The van der Waals surface area contributed by atoms with Gasteiger partial charge in [0.25, 0.3) is 5.91 Å². The molecular formula is C18H16FN3O3. The smallest absolute Gasteiger partial charge is 0.310 e. The van der Waals surface area contributed by atoms with Gasteiger partial charge in [0.15, 0.2) is 0 Å². The zero-order chi connectivity index (χ0) is 18.0. The first kappa shape index (κ1) is 16.6. The van der Waals surface area contributed by atoms with Gasteiger partial charge in [0.2, 0.25) is 0 Å². The van der Waals surface area contributed by atoms with Gasteiger partial charge in [0.1, 0.15) is 11.9 Å². The molecular weight excluding hydrogens is 325 g/mol. The van der Waals surface area contributed by atoms with Crippen LogP contribution in [0, 0.1) is 5.82 Å². The maximum Gasteiger partial charge on any atom is 0.310 e. The molecule has 1 aliphatic rings. The van der Waals surface area contributed by atoms with Crippen molar-refractivity contribution in [1.82, 2.24) is 10.6 Å². The molecule has 0 aromatic heterocycles. The third kappa shape index (κ3) is 3.21. The summed E-state index contributed by atoms with van der Waals surface area (Å²) >= 11 is 0. The Kier molecular flexibility index (Phi) is 4.47. The van der Waals surface area contributed by atoms with Crippen molar-refractivity contribution in [2.75, 3.05) is 11.9 Å². The summed E-state index contributed by atoms with van der Waals surface area (Å²) in [5.74, 6) is -2.66.